The van der Waals surface area contributed by atoms with Gasteiger partial charge in [-0.25, -0.2) is 4.79 Å². The molecular weight excluding hydrogens is 497 g/mol. The van der Waals surface area contributed by atoms with Gasteiger partial charge in [-0.3, -0.25) is 9.36 Å². The van der Waals surface area contributed by atoms with Gasteiger partial charge in [0, 0.05) is 19.8 Å². The quantitative estimate of drug-likeness (QED) is 0.176. The number of amides is 1. The summed E-state index contributed by atoms with van der Waals surface area (Å²) in [5.74, 6) is 0.188. The van der Waals surface area contributed by atoms with Crippen LogP contribution in [0.5, 0.6) is 0 Å². The zero-order chi connectivity index (χ0) is 26.8. The standard InChI is InChI=1S/C31H42NO5P/c1-36-38(35,20-12-11-15-25-13-5-2-6-14-25)24-30(33)32-22-28(27-18-9-4-10-19-27)21-29(32)31(34)37-23-26-16-7-3-8-17-26/h2-3,5-8,13-14,16-17,27-29H,4,9-12,15,18-24H2,1H3/t28-,29+,38?/m1/s1. The van der Waals surface area contributed by atoms with Crippen molar-refractivity contribution in [2.45, 2.75) is 70.4 Å². The molecule has 1 amide bonds. The molecule has 6 nitrogen and oxygen atoms in total. The van der Waals surface area contributed by atoms with Crippen molar-refractivity contribution in [1.82, 2.24) is 4.90 Å². The van der Waals surface area contributed by atoms with Crippen LogP contribution in [-0.4, -0.2) is 48.8 Å². The normalized spacial score (nSPS) is 21.7. The largest absolute Gasteiger partial charge is 0.459 e. The molecule has 0 aromatic heterocycles. The van der Waals surface area contributed by atoms with E-state index >= 15 is 0 Å². The van der Waals surface area contributed by atoms with E-state index in [0.29, 0.717) is 25.0 Å². The Bertz CT molecular complexity index is 1070. The molecule has 1 unspecified atom stereocenters. The van der Waals surface area contributed by atoms with E-state index < -0.39 is 13.4 Å². The van der Waals surface area contributed by atoms with E-state index in [1.165, 1.54) is 31.9 Å². The van der Waals surface area contributed by atoms with Crippen LogP contribution in [0.1, 0.15) is 62.5 Å². The van der Waals surface area contributed by atoms with Crippen LogP contribution >= 0.6 is 7.37 Å². The molecule has 1 aliphatic heterocycles. The molecule has 0 radical (unpaired) electrons. The van der Waals surface area contributed by atoms with Gasteiger partial charge in [0.15, 0.2) is 0 Å². The number of aryl methyl sites for hydroxylation is 1. The summed E-state index contributed by atoms with van der Waals surface area (Å²) in [5.41, 5.74) is 2.17. The lowest BCUT2D eigenvalue weighted by molar-refractivity contribution is -0.154. The maximum absolute atomic E-state index is 13.6. The molecule has 1 saturated carbocycles. The van der Waals surface area contributed by atoms with Gasteiger partial charge in [-0.1, -0.05) is 92.8 Å². The fraction of sp³-hybridized carbons (Fsp3) is 0.548. The number of likely N-dealkylation sites (tertiary alicyclic amines) is 1. The fourth-order valence-corrected chi connectivity index (χ4v) is 7.77. The molecular formula is C31H42NO5P. The molecule has 0 spiro atoms. The smallest absolute Gasteiger partial charge is 0.329 e. The summed E-state index contributed by atoms with van der Waals surface area (Å²) in [4.78, 5) is 28.4. The first kappa shape index (κ1) is 28.6. The molecule has 0 bridgehead atoms. The van der Waals surface area contributed by atoms with Gasteiger partial charge in [-0.15, -0.1) is 0 Å². The zero-order valence-corrected chi connectivity index (χ0v) is 23.5. The second-order valence-electron chi connectivity index (χ2n) is 10.9. The third-order valence-electron chi connectivity index (χ3n) is 8.23. The molecule has 3 atom stereocenters. The average molecular weight is 540 g/mol. The van der Waals surface area contributed by atoms with Crippen LogP contribution < -0.4 is 0 Å². The Morgan fingerprint density at radius 1 is 0.895 bits per heavy atom. The Kier molecular flexibility index (Phi) is 10.6. The summed E-state index contributed by atoms with van der Waals surface area (Å²) in [6, 6.07) is 19.2. The van der Waals surface area contributed by atoms with Crippen molar-refractivity contribution in [1.29, 1.82) is 0 Å². The lowest BCUT2D eigenvalue weighted by Crippen LogP contribution is -2.43. The number of hydrogen-bond acceptors (Lipinski definition) is 5. The minimum Gasteiger partial charge on any atom is -0.459 e. The number of hydrogen-bond donors (Lipinski definition) is 0. The fourth-order valence-electron chi connectivity index (χ4n) is 6.00. The minimum absolute atomic E-state index is 0.158. The van der Waals surface area contributed by atoms with E-state index in [4.69, 9.17) is 9.26 Å². The molecule has 206 valence electrons. The van der Waals surface area contributed by atoms with Crippen LogP contribution in [0.25, 0.3) is 0 Å². The van der Waals surface area contributed by atoms with Gasteiger partial charge >= 0.3 is 5.97 Å². The van der Waals surface area contributed by atoms with Crippen molar-refractivity contribution in [3.8, 4) is 0 Å². The number of nitrogens with zero attached hydrogens (tertiary/aromatic N) is 1. The van der Waals surface area contributed by atoms with Gasteiger partial charge in [0.05, 0.1) is 0 Å². The number of unbranched alkanes of at least 4 members (excludes halogenated alkanes) is 1. The van der Waals surface area contributed by atoms with E-state index in [9.17, 15) is 14.2 Å². The Labute approximate surface area is 227 Å². The van der Waals surface area contributed by atoms with Gasteiger partial charge in [0.2, 0.25) is 13.3 Å². The first-order chi connectivity index (χ1) is 18.5. The minimum atomic E-state index is -3.15. The number of esters is 1. The number of rotatable bonds is 12. The second kappa shape index (κ2) is 14.1. The molecule has 2 aromatic carbocycles. The molecule has 4 rings (SSSR count). The molecule has 0 N–H and O–H groups in total. The maximum atomic E-state index is 13.6. The first-order valence-corrected chi connectivity index (χ1v) is 16.1. The number of carbonyl (C=O) groups excluding carboxylic acids is 2. The molecule has 1 heterocycles. The Hall–Kier alpha value is -2.43. The van der Waals surface area contributed by atoms with Crippen LogP contribution in [0, 0.1) is 11.8 Å². The van der Waals surface area contributed by atoms with Crippen LogP contribution in [-0.2, 0) is 36.4 Å². The Morgan fingerprint density at radius 3 is 2.21 bits per heavy atom. The van der Waals surface area contributed by atoms with Gasteiger partial charge in [-0.05, 0) is 48.6 Å². The topological polar surface area (TPSA) is 72.9 Å². The van der Waals surface area contributed by atoms with E-state index in [2.05, 4.69) is 12.1 Å². The van der Waals surface area contributed by atoms with Gasteiger partial charge in [0.25, 0.3) is 0 Å². The SMILES string of the molecule is COP(=O)(CCCCc1ccccc1)CC(=O)N1C[C@H](C2CCCCC2)C[C@H]1C(=O)OCc1ccccc1. The van der Waals surface area contributed by atoms with E-state index in [-0.39, 0.29) is 30.6 Å². The summed E-state index contributed by atoms with van der Waals surface area (Å²) in [6.45, 7) is 0.719. The maximum Gasteiger partial charge on any atom is 0.329 e. The van der Waals surface area contributed by atoms with E-state index in [1.807, 2.05) is 48.5 Å². The molecule has 2 aromatic rings. The van der Waals surface area contributed by atoms with Gasteiger partial charge in [-0.2, -0.15) is 0 Å². The van der Waals surface area contributed by atoms with E-state index in [1.54, 1.807) is 4.90 Å². The summed E-state index contributed by atoms with van der Waals surface area (Å²) >= 11 is 0. The predicted molar refractivity (Wildman–Crippen MR) is 150 cm³/mol. The Balaban J connectivity index is 1.37. The second-order valence-corrected chi connectivity index (χ2v) is 13.6. The number of benzene rings is 2. The highest BCUT2D eigenvalue weighted by atomic mass is 31.2. The average Bonchev–Trinajstić information content (AvgIpc) is 3.42. The van der Waals surface area contributed by atoms with Crippen molar-refractivity contribution >= 4 is 19.2 Å². The monoisotopic (exact) mass is 539 g/mol. The third-order valence-corrected chi connectivity index (χ3v) is 10.6. The van der Waals surface area contributed by atoms with Crippen molar-refractivity contribution in [2.24, 2.45) is 11.8 Å². The van der Waals surface area contributed by atoms with Gasteiger partial charge < -0.3 is 14.2 Å². The third kappa shape index (κ3) is 8.04. The van der Waals surface area contributed by atoms with Crippen LogP contribution in [0.15, 0.2) is 60.7 Å². The number of carbonyl (C=O) groups is 2. The molecule has 38 heavy (non-hydrogen) atoms. The van der Waals surface area contributed by atoms with Crippen molar-refractivity contribution in [3.05, 3.63) is 71.8 Å². The lowest BCUT2D eigenvalue weighted by Gasteiger charge is -2.28. The highest BCUT2D eigenvalue weighted by Crippen LogP contribution is 2.48. The van der Waals surface area contributed by atoms with Crippen LogP contribution in [0.2, 0.25) is 0 Å². The molecule has 1 aliphatic carbocycles. The molecule has 2 aliphatic rings. The summed E-state index contributed by atoms with van der Waals surface area (Å²) in [7, 11) is -1.71. The van der Waals surface area contributed by atoms with Gasteiger partial charge in [0.1, 0.15) is 18.8 Å². The predicted octanol–water partition coefficient (Wildman–Crippen LogP) is 6.47. The highest BCUT2D eigenvalue weighted by Gasteiger charge is 2.44. The van der Waals surface area contributed by atoms with Crippen molar-refractivity contribution in [3.63, 3.8) is 0 Å². The van der Waals surface area contributed by atoms with E-state index in [0.717, 1.165) is 37.7 Å². The summed E-state index contributed by atoms with van der Waals surface area (Å²) < 4.78 is 24.7. The molecule has 2 fully saturated rings. The van der Waals surface area contributed by atoms with Crippen molar-refractivity contribution in [2.75, 3.05) is 26.0 Å². The summed E-state index contributed by atoms with van der Waals surface area (Å²) in [5, 5.41) is 0. The zero-order valence-electron chi connectivity index (χ0n) is 22.6. The van der Waals surface area contributed by atoms with Crippen LogP contribution in [0.3, 0.4) is 0 Å². The lowest BCUT2D eigenvalue weighted by atomic mass is 9.79. The number of ether oxygens (including phenoxy) is 1. The van der Waals surface area contributed by atoms with Crippen LogP contribution in [0.4, 0.5) is 0 Å². The Morgan fingerprint density at radius 2 is 1.55 bits per heavy atom. The van der Waals surface area contributed by atoms with Crippen molar-refractivity contribution < 1.29 is 23.4 Å². The molecule has 1 saturated heterocycles. The highest BCUT2D eigenvalue weighted by molar-refractivity contribution is 7.59. The first-order valence-electron chi connectivity index (χ1n) is 14.2. The molecule has 7 heteroatoms. The summed E-state index contributed by atoms with van der Waals surface area (Å²) in [6.07, 6.45) is 9.32.